The molecule has 6 rings (SSSR count). The van der Waals surface area contributed by atoms with E-state index in [-0.39, 0.29) is 77.2 Å². The van der Waals surface area contributed by atoms with Crippen molar-refractivity contribution in [1.82, 2.24) is 9.80 Å². The first-order valence-corrected chi connectivity index (χ1v) is 22.3. The van der Waals surface area contributed by atoms with Gasteiger partial charge in [0, 0.05) is 35.4 Å². The zero-order chi connectivity index (χ0) is 43.0. The molecule has 9 nitrogen and oxygen atoms in total. The lowest BCUT2D eigenvalue weighted by Gasteiger charge is -2.72. The highest BCUT2D eigenvalue weighted by Gasteiger charge is 2.71. The van der Waals surface area contributed by atoms with Crippen LogP contribution in [0.25, 0.3) is 0 Å². The number of carboxylic acid groups (broad SMARTS) is 1. The number of ether oxygens (including phenoxy) is 1. The Balaban J connectivity index is 1.30. The van der Waals surface area contributed by atoms with Crippen molar-refractivity contribution in [2.45, 2.75) is 145 Å². The molecule has 1 amide bonds. The average Bonchev–Trinajstić information content (AvgIpc) is 3.43. The second kappa shape index (κ2) is 15.6. The summed E-state index contributed by atoms with van der Waals surface area (Å²) in [5.41, 5.74) is 0.730. The van der Waals surface area contributed by atoms with Gasteiger partial charge in [0.15, 0.2) is 5.78 Å². The number of aliphatic hydroxyl groups is 1. The van der Waals surface area contributed by atoms with E-state index in [9.17, 15) is 29.4 Å². The lowest BCUT2D eigenvalue weighted by molar-refractivity contribution is -0.235. The summed E-state index contributed by atoms with van der Waals surface area (Å²) in [5, 5.41) is 22.9. The smallest absolute Gasteiger partial charge is 0.309 e. The second-order valence-corrected chi connectivity index (χ2v) is 22.1. The van der Waals surface area contributed by atoms with Crippen LogP contribution in [-0.4, -0.2) is 83.0 Å². The third-order valence-corrected chi connectivity index (χ3v) is 17.2. The van der Waals surface area contributed by atoms with Crippen molar-refractivity contribution in [2.75, 3.05) is 27.2 Å². The van der Waals surface area contributed by atoms with Crippen molar-refractivity contribution >= 4 is 35.2 Å². The van der Waals surface area contributed by atoms with Crippen LogP contribution in [0.15, 0.2) is 35.4 Å². The molecule has 0 heterocycles. The van der Waals surface area contributed by atoms with E-state index in [1.807, 2.05) is 43.3 Å². The molecule has 9 atom stereocenters. The number of carboxylic acids is 1. The van der Waals surface area contributed by atoms with Gasteiger partial charge in [-0.15, -0.1) is 0 Å². The van der Waals surface area contributed by atoms with Gasteiger partial charge >= 0.3 is 11.9 Å². The van der Waals surface area contributed by atoms with Gasteiger partial charge in [-0.3, -0.25) is 19.2 Å². The molecule has 0 saturated heterocycles. The highest BCUT2D eigenvalue weighted by Crippen LogP contribution is 2.77. The molecule has 5 aliphatic rings. The number of allylic oxidation sites excluding steroid dienone is 1. The number of aliphatic carboxylic acids is 1. The van der Waals surface area contributed by atoms with Gasteiger partial charge in [0.25, 0.3) is 0 Å². The third-order valence-electron chi connectivity index (χ3n) is 17.0. The number of hydrogen-bond donors (Lipinski definition) is 2. The van der Waals surface area contributed by atoms with E-state index in [1.54, 1.807) is 18.7 Å². The molecule has 0 bridgehead atoms. The SMILES string of the molecule is CC(C)C1=C2[C@H]3CC[C@@H]4[C@@]5(C)CCC(OC(=O)CC(C)(C)C(=O)O)C(C)(C)[C@@H]5CC[C@@]4(C)[C@]3(C)CC[C@@]2([C@H](O)CN(Cc2ccc(Cl)cc2)C(=O)CN(C)C)CC1=O. The minimum absolute atomic E-state index is 0.0114. The summed E-state index contributed by atoms with van der Waals surface area (Å²) in [6.45, 7) is 20.1. The number of hydrogen-bond acceptors (Lipinski definition) is 7. The van der Waals surface area contributed by atoms with Crippen LogP contribution >= 0.6 is 11.6 Å². The summed E-state index contributed by atoms with van der Waals surface area (Å²) in [6.07, 6.45) is 6.25. The second-order valence-electron chi connectivity index (χ2n) is 21.7. The number of fused-ring (bicyclic) bond motifs is 7. The third kappa shape index (κ3) is 7.39. The van der Waals surface area contributed by atoms with Crippen LogP contribution in [0.4, 0.5) is 0 Å². The number of aliphatic hydroxyl groups excluding tert-OH is 1. The van der Waals surface area contributed by atoms with Gasteiger partial charge in [-0.1, -0.05) is 77.8 Å². The first-order chi connectivity index (χ1) is 26.8. The fourth-order valence-electron chi connectivity index (χ4n) is 13.7. The Kier molecular flexibility index (Phi) is 12.1. The van der Waals surface area contributed by atoms with Gasteiger partial charge in [-0.05, 0) is 142 Å². The fourth-order valence-corrected chi connectivity index (χ4v) is 13.9. The van der Waals surface area contributed by atoms with Gasteiger partial charge in [-0.25, -0.2) is 0 Å². The molecule has 0 aliphatic heterocycles. The highest BCUT2D eigenvalue weighted by molar-refractivity contribution is 6.30. The minimum Gasteiger partial charge on any atom is -0.481 e. The quantitative estimate of drug-likeness (QED) is 0.200. The van der Waals surface area contributed by atoms with Crippen molar-refractivity contribution in [3.8, 4) is 0 Å². The Labute approximate surface area is 352 Å². The summed E-state index contributed by atoms with van der Waals surface area (Å²) in [6, 6.07) is 7.50. The summed E-state index contributed by atoms with van der Waals surface area (Å²) in [5.74, 6) is -0.430. The van der Waals surface area contributed by atoms with Crippen LogP contribution in [0.5, 0.6) is 0 Å². The van der Waals surface area contributed by atoms with Crippen molar-refractivity contribution in [3.05, 3.63) is 46.0 Å². The van der Waals surface area contributed by atoms with Crippen molar-refractivity contribution in [2.24, 2.45) is 56.2 Å². The highest BCUT2D eigenvalue weighted by atomic mass is 35.5. The van der Waals surface area contributed by atoms with Crippen LogP contribution in [0.2, 0.25) is 5.02 Å². The number of benzene rings is 1. The number of esters is 1. The fraction of sp³-hybridized carbons (Fsp3) is 0.750. The molecule has 1 aromatic carbocycles. The Morgan fingerprint density at radius 1 is 0.914 bits per heavy atom. The number of carbonyl (C=O) groups excluding carboxylic acids is 3. The Hall–Kier alpha value is -2.75. The Bertz CT molecular complexity index is 1820. The van der Waals surface area contributed by atoms with E-state index in [1.165, 1.54) is 5.57 Å². The van der Waals surface area contributed by atoms with Gasteiger partial charge in [0.05, 0.1) is 24.5 Å². The van der Waals surface area contributed by atoms with E-state index in [2.05, 4.69) is 48.5 Å². The molecule has 322 valence electrons. The number of Topliss-reactive ketones (excluding diaryl/α,β-unsaturated/α-hetero) is 1. The number of rotatable bonds is 12. The van der Waals surface area contributed by atoms with Crippen molar-refractivity contribution in [3.63, 3.8) is 0 Å². The first-order valence-electron chi connectivity index (χ1n) is 21.9. The summed E-state index contributed by atoms with van der Waals surface area (Å²) in [7, 11) is 3.75. The van der Waals surface area contributed by atoms with E-state index in [4.69, 9.17) is 16.3 Å². The molecule has 4 saturated carbocycles. The maximum atomic E-state index is 14.3. The Morgan fingerprint density at radius 3 is 2.17 bits per heavy atom. The average molecular weight is 824 g/mol. The van der Waals surface area contributed by atoms with Crippen LogP contribution in [0.1, 0.15) is 132 Å². The number of carbonyl (C=O) groups is 4. The van der Waals surface area contributed by atoms with E-state index < -0.39 is 28.9 Å². The van der Waals surface area contributed by atoms with Crippen molar-refractivity contribution < 1.29 is 34.1 Å². The molecule has 0 radical (unpaired) electrons. The number of ketones is 1. The predicted octanol–water partition coefficient (Wildman–Crippen LogP) is 8.98. The molecular formula is C48H71ClN2O7. The molecule has 2 N–H and O–H groups in total. The number of likely N-dealkylation sites (N-methyl/N-ethyl adjacent to an activating group) is 1. The lowest BCUT2D eigenvalue weighted by atomic mass is 9.33. The van der Waals surface area contributed by atoms with Gasteiger partial charge in [0.1, 0.15) is 6.10 Å². The largest absolute Gasteiger partial charge is 0.481 e. The molecule has 1 aromatic rings. The molecule has 58 heavy (non-hydrogen) atoms. The van der Waals surface area contributed by atoms with Crippen LogP contribution < -0.4 is 0 Å². The number of amides is 1. The van der Waals surface area contributed by atoms with Crippen LogP contribution in [0.3, 0.4) is 0 Å². The topological polar surface area (TPSA) is 124 Å². The van der Waals surface area contributed by atoms with Crippen molar-refractivity contribution in [1.29, 1.82) is 0 Å². The normalized spacial score (nSPS) is 34.8. The zero-order valence-electron chi connectivity index (χ0n) is 37.2. The summed E-state index contributed by atoms with van der Waals surface area (Å²) < 4.78 is 6.18. The zero-order valence-corrected chi connectivity index (χ0v) is 37.9. The molecule has 10 heteroatoms. The summed E-state index contributed by atoms with van der Waals surface area (Å²) >= 11 is 6.20. The van der Waals surface area contributed by atoms with E-state index in [0.717, 1.165) is 56.1 Å². The number of nitrogens with zero attached hydrogens (tertiary/aromatic N) is 2. The number of halogens is 1. The van der Waals surface area contributed by atoms with Crippen LogP contribution in [-0.2, 0) is 30.5 Å². The van der Waals surface area contributed by atoms with E-state index in [0.29, 0.717) is 29.8 Å². The molecule has 4 fully saturated rings. The molecule has 5 aliphatic carbocycles. The standard InChI is InChI=1S/C48H71ClN2O7/c1-29(2)40-33(52)24-48(36(53)27-51(38(54)28-50(10)11)26-30-12-14-31(49)15-13-30)23-22-46(8)32(41(40)48)16-17-35-45(7)20-19-37(58-39(55)25-43(3,4)42(56)57)44(5,6)34(45)18-21-47(35,46)9/h12-15,29,32,34-37,53H,16-28H2,1-11H3,(H,56,57)/t32-,34+,35-,36-,37?,45+,46-,47-,48+/m1/s1. The van der Waals surface area contributed by atoms with Gasteiger partial charge in [0.2, 0.25) is 5.91 Å². The maximum Gasteiger partial charge on any atom is 0.309 e. The summed E-state index contributed by atoms with van der Waals surface area (Å²) in [4.78, 5) is 56.7. The Morgan fingerprint density at radius 2 is 1.57 bits per heavy atom. The molecule has 0 spiro atoms. The monoisotopic (exact) mass is 822 g/mol. The predicted molar refractivity (Wildman–Crippen MR) is 227 cm³/mol. The first kappa shape index (κ1) is 44.8. The minimum atomic E-state index is -1.19. The van der Waals surface area contributed by atoms with Gasteiger partial charge in [-0.2, -0.15) is 0 Å². The molecule has 1 unspecified atom stereocenters. The van der Waals surface area contributed by atoms with Gasteiger partial charge < -0.3 is 24.7 Å². The molecular weight excluding hydrogens is 752 g/mol. The molecule has 0 aromatic heterocycles. The lowest BCUT2D eigenvalue weighted by Crippen LogP contribution is -2.66. The van der Waals surface area contributed by atoms with E-state index >= 15 is 0 Å². The maximum absolute atomic E-state index is 14.3. The van der Waals surface area contributed by atoms with Crippen LogP contribution in [0, 0.1) is 56.2 Å².